The minimum absolute atomic E-state index is 0.0693. The van der Waals surface area contributed by atoms with Gasteiger partial charge in [-0.3, -0.25) is 9.59 Å². The highest BCUT2D eigenvalue weighted by Gasteiger charge is 2.32. The lowest BCUT2D eigenvalue weighted by atomic mass is 9.98. The van der Waals surface area contributed by atoms with Crippen LogP contribution in [0.1, 0.15) is 37.0 Å². The maximum Gasteiger partial charge on any atom is 0.246 e. The summed E-state index contributed by atoms with van der Waals surface area (Å²) >= 11 is 0. The second-order valence-electron chi connectivity index (χ2n) is 10.6. The van der Waals surface area contributed by atoms with Crippen LogP contribution in [-0.4, -0.2) is 48.9 Å². The van der Waals surface area contributed by atoms with Gasteiger partial charge in [-0.05, 0) is 64.2 Å². The van der Waals surface area contributed by atoms with Crippen molar-refractivity contribution in [2.45, 2.75) is 51.4 Å². The summed E-state index contributed by atoms with van der Waals surface area (Å²) in [6.45, 7) is 4.15. The van der Waals surface area contributed by atoms with Gasteiger partial charge < -0.3 is 16.0 Å². The van der Waals surface area contributed by atoms with E-state index in [2.05, 4.69) is 25.9 Å². The fourth-order valence-corrected chi connectivity index (χ4v) is 4.88. The Morgan fingerprint density at radius 3 is 2.54 bits per heavy atom. The number of tetrazole rings is 1. The van der Waals surface area contributed by atoms with Crippen molar-refractivity contribution in [2.75, 3.05) is 0 Å². The lowest BCUT2D eigenvalue weighted by molar-refractivity contribution is -0.137. The average molecular weight is 528 g/mol. The summed E-state index contributed by atoms with van der Waals surface area (Å²) in [5.74, 6) is -0.335. The zero-order valence-electron chi connectivity index (χ0n) is 21.8. The van der Waals surface area contributed by atoms with E-state index < -0.39 is 11.6 Å². The first kappa shape index (κ1) is 26.2. The number of nitrogens with two attached hydrogens (primary N) is 1. The number of aromatic nitrogens is 4. The summed E-state index contributed by atoms with van der Waals surface area (Å²) in [7, 11) is 0. The van der Waals surface area contributed by atoms with Crippen LogP contribution in [0.5, 0.6) is 0 Å². The summed E-state index contributed by atoms with van der Waals surface area (Å²) < 4.78 is 14.1. The molecule has 10 heteroatoms. The molecule has 3 aromatic carbocycles. The maximum absolute atomic E-state index is 14.1. The number of H-pyrrole nitrogens is 1. The van der Waals surface area contributed by atoms with Gasteiger partial charge in [-0.1, -0.05) is 54.6 Å². The van der Waals surface area contributed by atoms with Gasteiger partial charge in [-0.15, -0.1) is 5.10 Å². The van der Waals surface area contributed by atoms with Gasteiger partial charge in [0.2, 0.25) is 11.8 Å². The summed E-state index contributed by atoms with van der Waals surface area (Å²) in [6.07, 6.45) is 0.283. The van der Waals surface area contributed by atoms with Gasteiger partial charge in [0.15, 0.2) is 5.82 Å². The van der Waals surface area contributed by atoms with Crippen LogP contribution in [0.25, 0.3) is 22.5 Å². The molecule has 200 valence electrons. The first-order valence-electron chi connectivity index (χ1n) is 12.7. The Labute approximate surface area is 225 Å². The molecule has 39 heavy (non-hydrogen) atoms. The molecular weight excluding hydrogens is 497 g/mol. The Kier molecular flexibility index (Phi) is 7.21. The lowest BCUT2D eigenvalue weighted by Gasteiger charge is -2.26. The molecule has 0 aliphatic carbocycles. The van der Waals surface area contributed by atoms with Crippen molar-refractivity contribution < 1.29 is 14.0 Å². The number of aromatic amines is 1. The third-order valence-electron chi connectivity index (χ3n) is 6.68. The molecule has 2 heterocycles. The fourth-order valence-electron chi connectivity index (χ4n) is 4.88. The monoisotopic (exact) mass is 527 g/mol. The van der Waals surface area contributed by atoms with Crippen LogP contribution >= 0.6 is 0 Å². The molecule has 1 aliphatic heterocycles. The largest absolute Gasteiger partial charge is 0.344 e. The summed E-state index contributed by atoms with van der Waals surface area (Å²) in [5, 5.41) is 17.0. The second-order valence-corrected chi connectivity index (χ2v) is 10.6. The van der Waals surface area contributed by atoms with E-state index in [-0.39, 0.29) is 30.5 Å². The highest BCUT2D eigenvalue weighted by atomic mass is 19.1. The van der Waals surface area contributed by atoms with Crippen LogP contribution < -0.4 is 11.1 Å². The van der Waals surface area contributed by atoms with Gasteiger partial charge in [0.25, 0.3) is 0 Å². The molecule has 5 rings (SSSR count). The minimum atomic E-state index is -0.815. The van der Waals surface area contributed by atoms with Crippen molar-refractivity contribution in [2.24, 2.45) is 5.73 Å². The third kappa shape index (κ3) is 6.18. The van der Waals surface area contributed by atoms with Crippen LogP contribution in [0.4, 0.5) is 4.39 Å². The molecule has 2 amide bonds. The number of carbonyl (C=O) groups excluding carboxylic acids is 2. The third-order valence-corrected chi connectivity index (χ3v) is 6.68. The van der Waals surface area contributed by atoms with Gasteiger partial charge in [0.05, 0.1) is 0 Å². The number of amides is 2. The zero-order chi connectivity index (χ0) is 27.6. The normalized spacial score (nSPS) is 15.5. The molecule has 0 bridgehead atoms. The predicted octanol–water partition coefficient (Wildman–Crippen LogP) is 3.37. The average Bonchev–Trinajstić information content (AvgIpc) is 3.39. The van der Waals surface area contributed by atoms with Gasteiger partial charge in [-0.25, -0.2) is 9.49 Å². The number of benzene rings is 3. The van der Waals surface area contributed by atoms with Crippen LogP contribution in [0.2, 0.25) is 0 Å². The van der Waals surface area contributed by atoms with Crippen LogP contribution in [-0.2, 0) is 29.1 Å². The number of nitrogens with zero attached hydrogens (tertiary/aromatic N) is 4. The number of rotatable bonds is 7. The Morgan fingerprint density at radius 2 is 1.85 bits per heavy atom. The van der Waals surface area contributed by atoms with E-state index in [0.717, 1.165) is 27.8 Å². The van der Waals surface area contributed by atoms with E-state index in [4.69, 9.17) is 5.73 Å². The summed E-state index contributed by atoms with van der Waals surface area (Å²) in [4.78, 5) is 28.0. The minimum Gasteiger partial charge on any atom is -0.344 e. The van der Waals surface area contributed by atoms with Crippen molar-refractivity contribution in [3.05, 3.63) is 89.2 Å². The van der Waals surface area contributed by atoms with E-state index in [1.165, 1.54) is 12.1 Å². The highest BCUT2D eigenvalue weighted by molar-refractivity contribution is 5.89. The Hall–Kier alpha value is -4.44. The van der Waals surface area contributed by atoms with E-state index in [0.29, 0.717) is 24.5 Å². The maximum atomic E-state index is 14.1. The van der Waals surface area contributed by atoms with Crippen molar-refractivity contribution in [1.29, 1.82) is 0 Å². The molecule has 0 spiro atoms. The van der Waals surface area contributed by atoms with Gasteiger partial charge >= 0.3 is 0 Å². The Bertz CT molecular complexity index is 1480. The van der Waals surface area contributed by atoms with Crippen molar-refractivity contribution in [3.63, 3.8) is 0 Å². The molecule has 9 nitrogen and oxygen atoms in total. The molecule has 1 aromatic heterocycles. The van der Waals surface area contributed by atoms with E-state index in [9.17, 15) is 14.0 Å². The fraction of sp³-hybridized carbons (Fsp3) is 0.276. The molecule has 4 N–H and O–H groups in total. The standard InChI is InChI=1S/C29H30FN7O2/c1-29(2,31)15-26(38)32-25-14-21-13-22(30)12-11-20(21)17-37(28(25)39)16-18-7-9-19(10-8-18)23-5-3-4-6-24(23)27-33-35-36-34-27/h3-13,25H,14-17,31H2,1-2H3,(H,32,38)(H,33,34,35,36)/t25-/m1/s1. The first-order valence-corrected chi connectivity index (χ1v) is 12.7. The first-order chi connectivity index (χ1) is 18.7. The van der Waals surface area contributed by atoms with Crippen LogP contribution in [0, 0.1) is 5.82 Å². The zero-order valence-corrected chi connectivity index (χ0v) is 21.8. The number of hydrogen-bond acceptors (Lipinski definition) is 6. The predicted molar refractivity (Wildman–Crippen MR) is 144 cm³/mol. The topological polar surface area (TPSA) is 130 Å². The SMILES string of the molecule is CC(C)(N)CC(=O)N[C@@H]1Cc2cc(F)ccc2CN(Cc2ccc(-c3ccccc3-c3nnn[nH]3)cc2)C1=O. The van der Waals surface area contributed by atoms with Crippen molar-refractivity contribution in [1.82, 2.24) is 30.8 Å². The molecule has 1 aliphatic rings. The molecule has 0 fully saturated rings. The smallest absolute Gasteiger partial charge is 0.246 e. The quantitative estimate of drug-likeness (QED) is 0.338. The number of halogens is 1. The molecule has 0 radical (unpaired) electrons. The Morgan fingerprint density at radius 1 is 1.10 bits per heavy atom. The van der Waals surface area contributed by atoms with Crippen molar-refractivity contribution >= 4 is 11.8 Å². The van der Waals surface area contributed by atoms with E-state index >= 15 is 0 Å². The van der Waals surface area contributed by atoms with Crippen LogP contribution in [0.15, 0.2) is 66.7 Å². The highest BCUT2D eigenvalue weighted by Crippen LogP contribution is 2.30. The van der Waals surface area contributed by atoms with Crippen molar-refractivity contribution in [3.8, 4) is 22.5 Å². The summed E-state index contributed by atoms with van der Waals surface area (Å²) in [5.41, 5.74) is 10.6. The molecule has 0 unspecified atom stereocenters. The van der Waals surface area contributed by atoms with Crippen LogP contribution in [0.3, 0.4) is 0 Å². The van der Waals surface area contributed by atoms with Gasteiger partial charge in [-0.2, -0.15) is 0 Å². The number of hydrogen-bond donors (Lipinski definition) is 3. The summed E-state index contributed by atoms with van der Waals surface area (Å²) in [6, 6.07) is 19.5. The number of fused-ring (bicyclic) bond motifs is 1. The van der Waals surface area contributed by atoms with Gasteiger partial charge in [0.1, 0.15) is 11.9 Å². The molecule has 4 aromatic rings. The lowest BCUT2D eigenvalue weighted by Crippen LogP contribution is -2.50. The molecule has 0 saturated carbocycles. The molecular formula is C29H30FN7O2. The second kappa shape index (κ2) is 10.7. The number of carbonyl (C=O) groups is 2. The van der Waals surface area contributed by atoms with E-state index in [1.54, 1.807) is 24.8 Å². The molecule has 1 atom stereocenters. The Balaban J connectivity index is 1.39. The van der Waals surface area contributed by atoms with Gasteiger partial charge in [0, 0.05) is 37.0 Å². The van der Waals surface area contributed by atoms with E-state index in [1.807, 2.05) is 48.5 Å². The molecule has 0 saturated heterocycles. The number of nitrogens with one attached hydrogen (secondary N) is 2.